The Labute approximate surface area is 250 Å². The van der Waals surface area contributed by atoms with Crippen molar-refractivity contribution in [2.75, 3.05) is 0 Å². The molecule has 2 heterocycles. The number of hydrogen-bond donors (Lipinski definition) is 0. The smallest absolute Gasteiger partial charge is 0.146 e. The Morgan fingerprint density at radius 2 is 1.12 bits per heavy atom. The van der Waals surface area contributed by atoms with Crippen LogP contribution in [0, 0.1) is 0 Å². The van der Waals surface area contributed by atoms with Gasteiger partial charge in [0.2, 0.25) is 0 Å². The van der Waals surface area contributed by atoms with Crippen molar-refractivity contribution in [3.8, 4) is 22.3 Å². The minimum absolute atomic E-state index is 0.00529. The van der Waals surface area contributed by atoms with E-state index in [9.17, 15) is 6.85 Å². The standard InChI is InChI=1S/C38H22O2/c1-2-11-24-23(9-1)10-7-16-25(24)35-26-12-3-5-14-28(26)36(29-15-6-4-13-27(29)35)31-17-8-18-34-37(31)32-19-20-33-30(21-22-39-33)38(32)40-34/h1-22H/i1D,2D,3D,4D,5D,6D,7D,9D,10D,11D,12D,13D,14D,15D,16D. The molecule has 186 valence electrons. The van der Waals surface area contributed by atoms with Gasteiger partial charge in [-0.2, -0.15) is 0 Å². The van der Waals surface area contributed by atoms with Crippen molar-refractivity contribution >= 4 is 65.2 Å². The van der Waals surface area contributed by atoms with Crippen molar-refractivity contribution in [2.24, 2.45) is 0 Å². The van der Waals surface area contributed by atoms with Gasteiger partial charge >= 0.3 is 0 Å². The Balaban J connectivity index is 1.66. The van der Waals surface area contributed by atoms with E-state index in [1.807, 2.05) is 0 Å². The predicted molar refractivity (Wildman–Crippen MR) is 167 cm³/mol. The van der Waals surface area contributed by atoms with Crippen LogP contribution in [0.1, 0.15) is 20.6 Å². The third-order valence-electron chi connectivity index (χ3n) is 7.30. The topological polar surface area (TPSA) is 26.3 Å². The van der Waals surface area contributed by atoms with Gasteiger partial charge in [0.1, 0.15) is 16.7 Å². The van der Waals surface area contributed by atoms with E-state index in [0.29, 0.717) is 32.9 Å². The van der Waals surface area contributed by atoms with Gasteiger partial charge in [-0.1, -0.05) is 103 Å². The van der Waals surface area contributed by atoms with Gasteiger partial charge < -0.3 is 8.83 Å². The van der Waals surface area contributed by atoms with Crippen molar-refractivity contribution in [3.63, 3.8) is 0 Å². The van der Waals surface area contributed by atoms with Crippen LogP contribution in [0.25, 0.3) is 87.5 Å². The summed E-state index contributed by atoms with van der Waals surface area (Å²) in [6.07, 6.45) is 1.50. The maximum Gasteiger partial charge on any atom is 0.146 e. The lowest BCUT2D eigenvalue weighted by molar-refractivity contribution is 0.615. The summed E-state index contributed by atoms with van der Waals surface area (Å²) in [6.45, 7) is 0. The van der Waals surface area contributed by atoms with E-state index in [-0.39, 0.29) is 38.2 Å². The predicted octanol–water partition coefficient (Wildman–Crippen LogP) is 11.1. The summed E-state index contributed by atoms with van der Waals surface area (Å²) in [7, 11) is 0. The van der Waals surface area contributed by atoms with E-state index in [0.717, 1.165) is 0 Å². The van der Waals surface area contributed by atoms with Crippen LogP contribution in [0.3, 0.4) is 0 Å². The molecule has 40 heavy (non-hydrogen) atoms. The molecule has 0 saturated heterocycles. The molecule has 7 aromatic carbocycles. The second-order valence-electron chi connectivity index (χ2n) is 9.31. The number of rotatable bonds is 2. The first-order chi connectivity index (χ1) is 26.1. The molecule has 0 aliphatic carbocycles. The summed E-state index contributed by atoms with van der Waals surface area (Å²) in [6, 6.07) is -0.153. The summed E-state index contributed by atoms with van der Waals surface area (Å²) < 4.78 is 146. The lowest BCUT2D eigenvalue weighted by atomic mass is 9.84. The molecule has 9 aromatic rings. The molecule has 0 N–H and O–H groups in total. The highest BCUT2D eigenvalue weighted by Gasteiger charge is 2.21. The van der Waals surface area contributed by atoms with Crippen molar-refractivity contribution in [3.05, 3.63) is 133 Å². The van der Waals surface area contributed by atoms with Gasteiger partial charge in [-0.25, -0.2) is 0 Å². The maximum atomic E-state index is 9.37. The van der Waals surface area contributed by atoms with Crippen molar-refractivity contribution in [2.45, 2.75) is 0 Å². The number of hydrogen-bond acceptors (Lipinski definition) is 2. The van der Waals surface area contributed by atoms with Gasteiger partial charge in [0.25, 0.3) is 0 Å². The fourth-order valence-electron chi connectivity index (χ4n) is 5.68. The monoisotopic (exact) mass is 525 g/mol. The van der Waals surface area contributed by atoms with E-state index < -0.39 is 107 Å². The molecular formula is C38H22O2. The highest BCUT2D eigenvalue weighted by Crippen LogP contribution is 2.48. The Morgan fingerprint density at radius 1 is 0.475 bits per heavy atom. The van der Waals surface area contributed by atoms with Crippen LogP contribution < -0.4 is 0 Å². The fraction of sp³-hybridized carbons (Fsp3) is 0. The first kappa shape index (κ1) is 11.8. The Kier molecular flexibility index (Phi) is 2.39. The van der Waals surface area contributed by atoms with Crippen LogP contribution in [0.5, 0.6) is 0 Å². The molecule has 0 bridgehead atoms. The number of fused-ring (bicyclic) bond motifs is 8. The zero-order chi connectivity index (χ0) is 39.3. The zero-order valence-electron chi connectivity index (χ0n) is 35.4. The summed E-state index contributed by atoms with van der Waals surface area (Å²) in [4.78, 5) is 0. The van der Waals surface area contributed by atoms with Crippen LogP contribution in [-0.4, -0.2) is 0 Å². The first-order valence-corrected chi connectivity index (χ1v) is 12.4. The quantitative estimate of drug-likeness (QED) is 0.210. The van der Waals surface area contributed by atoms with Crippen LogP contribution in [-0.2, 0) is 0 Å². The van der Waals surface area contributed by atoms with Gasteiger partial charge in [0.05, 0.1) is 32.2 Å². The fourth-order valence-corrected chi connectivity index (χ4v) is 5.68. The van der Waals surface area contributed by atoms with E-state index in [4.69, 9.17) is 22.5 Å². The minimum atomic E-state index is -0.764. The number of furan rings is 2. The molecule has 0 spiro atoms. The molecule has 2 heteroatoms. The molecule has 9 rings (SSSR count). The second kappa shape index (κ2) is 8.08. The van der Waals surface area contributed by atoms with Crippen molar-refractivity contribution < 1.29 is 29.4 Å². The summed E-state index contributed by atoms with van der Waals surface area (Å²) in [5, 5.41) is -0.222. The molecule has 0 radical (unpaired) electrons. The molecule has 0 amide bonds. The average Bonchev–Trinajstić information content (AvgIpc) is 3.82. The molecule has 0 saturated carbocycles. The number of benzene rings is 7. The van der Waals surface area contributed by atoms with E-state index in [2.05, 4.69) is 0 Å². The van der Waals surface area contributed by atoms with Gasteiger partial charge in [-0.05, 0) is 78.8 Å². The van der Waals surface area contributed by atoms with Gasteiger partial charge in [-0.3, -0.25) is 0 Å². The van der Waals surface area contributed by atoms with E-state index in [1.165, 1.54) is 6.26 Å². The molecule has 0 atom stereocenters. The summed E-state index contributed by atoms with van der Waals surface area (Å²) >= 11 is 0. The third-order valence-corrected chi connectivity index (χ3v) is 7.30. The average molecular weight is 526 g/mol. The lowest BCUT2D eigenvalue weighted by Crippen LogP contribution is -1.92. The van der Waals surface area contributed by atoms with Gasteiger partial charge in [0.15, 0.2) is 0 Å². The van der Waals surface area contributed by atoms with E-state index in [1.54, 1.807) is 36.4 Å². The normalized spacial score (nSPS) is 17.2. The Morgan fingerprint density at radius 3 is 1.88 bits per heavy atom. The molecule has 0 aliphatic heterocycles. The summed E-state index contributed by atoms with van der Waals surface area (Å²) in [5.74, 6) is 0. The molecule has 2 aromatic heterocycles. The van der Waals surface area contributed by atoms with Gasteiger partial charge in [0, 0.05) is 10.8 Å². The van der Waals surface area contributed by atoms with Crippen molar-refractivity contribution in [1.29, 1.82) is 0 Å². The van der Waals surface area contributed by atoms with E-state index >= 15 is 0 Å². The largest absolute Gasteiger partial charge is 0.464 e. The molecule has 0 fully saturated rings. The van der Waals surface area contributed by atoms with Crippen LogP contribution in [0.2, 0.25) is 0 Å². The molecular weight excluding hydrogens is 488 g/mol. The highest BCUT2D eigenvalue weighted by molar-refractivity contribution is 6.27. The van der Waals surface area contributed by atoms with Gasteiger partial charge in [-0.15, -0.1) is 0 Å². The Hall–Kier alpha value is -5.34. The molecule has 0 unspecified atom stereocenters. The minimum Gasteiger partial charge on any atom is -0.464 e. The van der Waals surface area contributed by atoms with Crippen LogP contribution in [0.15, 0.2) is 142 Å². The SMILES string of the molecule is [2H]c1c([2H])c([2H])c2c(-c3c4c([2H])c([2H])c([2H])c([2H])c4c(-c4cccc5oc6c7ccoc7ccc6c45)c4c([2H])c([2H])c([2H])c([2H])c34)c([2H])c([2H])c([2H])c2c1[2H]. The zero-order valence-corrected chi connectivity index (χ0v) is 20.4. The summed E-state index contributed by atoms with van der Waals surface area (Å²) in [5.41, 5.74) is 0.805. The van der Waals surface area contributed by atoms with Crippen LogP contribution >= 0.6 is 0 Å². The third kappa shape index (κ3) is 2.88. The second-order valence-corrected chi connectivity index (χ2v) is 9.31. The maximum absolute atomic E-state index is 9.37. The molecule has 2 nitrogen and oxygen atoms in total. The van der Waals surface area contributed by atoms with Crippen molar-refractivity contribution in [1.82, 2.24) is 0 Å². The lowest BCUT2D eigenvalue weighted by Gasteiger charge is -2.19. The molecule has 0 aliphatic rings. The van der Waals surface area contributed by atoms with Crippen LogP contribution in [0.4, 0.5) is 0 Å². The highest BCUT2D eigenvalue weighted by atomic mass is 16.3. The Bertz CT molecular complexity index is 3180. The first-order valence-electron chi connectivity index (χ1n) is 19.9.